The molecule has 0 aliphatic carbocycles. The van der Waals surface area contributed by atoms with Crippen molar-refractivity contribution >= 4 is 15.7 Å². The molecule has 2 rings (SSSR count). The minimum atomic E-state index is -3.57. The van der Waals surface area contributed by atoms with Crippen LogP contribution in [0.1, 0.15) is 24.8 Å². The number of hydrazone groups is 1. The zero-order valence-electron chi connectivity index (χ0n) is 10.9. The van der Waals surface area contributed by atoms with E-state index in [0.29, 0.717) is 19.6 Å². The second-order valence-corrected chi connectivity index (χ2v) is 6.21. The van der Waals surface area contributed by atoms with Gasteiger partial charge in [-0.1, -0.05) is 17.7 Å². The summed E-state index contributed by atoms with van der Waals surface area (Å²) in [6.45, 7) is 3.23. The standard InChI is InChI=1S/C13H18N2O3S/c1-11-4-6-13(7-5-11)19(16,17)15-14-12-3-2-9-18-10-8-12/h4-7,15H,2-3,8-10H2,1H3. The van der Waals surface area contributed by atoms with Gasteiger partial charge in [-0.25, -0.2) is 4.83 Å². The zero-order valence-corrected chi connectivity index (χ0v) is 11.7. The van der Waals surface area contributed by atoms with Gasteiger partial charge in [0, 0.05) is 18.7 Å². The maximum Gasteiger partial charge on any atom is 0.276 e. The van der Waals surface area contributed by atoms with Crippen molar-refractivity contribution in [3.05, 3.63) is 29.8 Å². The molecule has 1 aromatic rings. The van der Waals surface area contributed by atoms with E-state index in [1.807, 2.05) is 6.92 Å². The molecule has 1 aliphatic heterocycles. The zero-order chi connectivity index (χ0) is 13.7. The maximum atomic E-state index is 12.0. The summed E-state index contributed by atoms with van der Waals surface area (Å²) in [5.74, 6) is 0. The average Bonchev–Trinajstić information content (AvgIpc) is 2.65. The summed E-state index contributed by atoms with van der Waals surface area (Å²) in [5, 5.41) is 4.01. The van der Waals surface area contributed by atoms with Crippen LogP contribution in [-0.2, 0) is 14.8 Å². The predicted octanol–water partition coefficient (Wildman–Crippen LogP) is 1.83. The minimum Gasteiger partial charge on any atom is -0.381 e. The molecule has 19 heavy (non-hydrogen) atoms. The van der Waals surface area contributed by atoms with Crippen molar-refractivity contribution in [2.75, 3.05) is 13.2 Å². The fraction of sp³-hybridized carbons (Fsp3) is 0.462. The third-order valence-electron chi connectivity index (χ3n) is 2.94. The van der Waals surface area contributed by atoms with E-state index in [-0.39, 0.29) is 4.90 Å². The molecule has 5 nitrogen and oxygen atoms in total. The van der Waals surface area contributed by atoms with E-state index in [9.17, 15) is 8.42 Å². The number of hydrogen-bond acceptors (Lipinski definition) is 4. The van der Waals surface area contributed by atoms with Gasteiger partial charge in [0.1, 0.15) is 0 Å². The number of hydrogen-bond donors (Lipinski definition) is 1. The highest BCUT2D eigenvalue weighted by Crippen LogP contribution is 2.10. The fourth-order valence-electron chi connectivity index (χ4n) is 1.80. The van der Waals surface area contributed by atoms with E-state index in [4.69, 9.17) is 4.74 Å². The fourth-order valence-corrected chi connectivity index (χ4v) is 2.65. The second kappa shape index (κ2) is 6.16. The molecule has 0 atom stereocenters. The summed E-state index contributed by atoms with van der Waals surface area (Å²) in [6, 6.07) is 6.69. The molecule has 1 heterocycles. The lowest BCUT2D eigenvalue weighted by Gasteiger charge is -2.06. The van der Waals surface area contributed by atoms with Crippen LogP contribution in [0.4, 0.5) is 0 Å². The summed E-state index contributed by atoms with van der Waals surface area (Å²) >= 11 is 0. The Morgan fingerprint density at radius 2 is 1.89 bits per heavy atom. The Balaban J connectivity index is 2.08. The van der Waals surface area contributed by atoms with E-state index < -0.39 is 10.0 Å². The number of nitrogens with one attached hydrogen (secondary N) is 1. The first-order valence-electron chi connectivity index (χ1n) is 6.29. The monoisotopic (exact) mass is 282 g/mol. The van der Waals surface area contributed by atoms with Crippen LogP contribution in [0.3, 0.4) is 0 Å². The van der Waals surface area contributed by atoms with Crippen molar-refractivity contribution in [1.82, 2.24) is 4.83 Å². The molecule has 1 aromatic carbocycles. The van der Waals surface area contributed by atoms with Gasteiger partial charge in [0.2, 0.25) is 0 Å². The van der Waals surface area contributed by atoms with E-state index in [1.165, 1.54) is 0 Å². The van der Waals surface area contributed by atoms with Crippen LogP contribution in [-0.4, -0.2) is 27.3 Å². The van der Waals surface area contributed by atoms with Crippen LogP contribution in [0.2, 0.25) is 0 Å². The van der Waals surface area contributed by atoms with Crippen molar-refractivity contribution < 1.29 is 13.2 Å². The maximum absolute atomic E-state index is 12.0. The number of aryl methyl sites for hydroxylation is 1. The molecule has 0 unspecified atom stereocenters. The summed E-state index contributed by atoms with van der Waals surface area (Å²) < 4.78 is 29.3. The molecule has 0 radical (unpaired) electrons. The molecule has 0 spiro atoms. The summed E-state index contributed by atoms with van der Waals surface area (Å²) in [7, 11) is -3.57. The molecule has 6 heteroatoms. The van der Waals surface area contributed by atoms with Gasteiger partial charge >= 0.3 is 0 Å². The Kier molecular flexibility index (Phi) is 4.55. The van der Waals surface area contributed by atoms with Crippen molar-refractivity contribution in [2.24, 2.45) is 5.10 Å². The quantitative estimate of drug-likeness (QED) is 0.860. The third kappa shape index (κ3) is 4.04. The highest BCUT2D eigenvalue weighted by atomic mass is 32.2. The normalized spacial score (nSPS) is 19.1. The number of benzene rings is 1. The van der Waals surface area contributed by atoms with Crippen molar-refractivity contribution in [3.63, 3.8) is 0 Å². The molecule has 1 aliphatic rings. The molecular weight excluding hydrogens is 264 g/mol. The molecule has 1 N–H and O–H groups in total. The van der Waals surface area contributed by atoms with Crippen LogP contribution in [0.5, 0.6) is 0 Å². The van der Waals surface area contributed by atoms with Gasteiger partial charge in [-0.15, -0.1) is 0 Å². The largest absolute Gasteiger partial charge is 0.381 e. The van der Waals surface area contributed by atoms with Gasteiger partial charge in [0.15, 0.2) is 0 Å². The summed E-state index contributed by atoms with van der Waals surface area (Å²) in [5.41, 5.74) is 1.86. The van der Waals surface area contributed by atoms with Crippen LogP contribution >= 0.6 is 0 Å². The Bertz CT molecular complexity index is 540. The van der Waals surface area contributed by atoms with Crippen molar-refractivity contribution in [3.8, 4) is 0 Å². The van der Waals surface area contributed by atoms with Crippen LogP contribution in [0.15, 0.2) is 34.3 Å². The van der Waals surface area contributed by atoms with Crippen LogP contribution < -0.4 is 4.83 Å². The summed E-state index contributed by atoms with van der Waals surface area (Å²) in [4.78, 5) is 2.53. The first kappa shape index (κ1) is 14.0. The molecule has 0 saturated carbocycles. The van der Waals surface area contributed by atoms with Gasteiger partial charge in [0.25, 0.3) is 10.0 Å². The lowest BCUT2D eigenvalue weighted by molar-refractivity contribution is 0.147. The second-order valence-electron chi connectivity index (χ2n) is 4.55. The molecule has 1 saturated heterocycles. The third-order valence-corrected chi connectivity index (χ3v) is 4.17. The molecule has 1 fully saturated rings. The van der Waals surface area contributed by atoms with Crippen LogP contribution in [0.25, 0.3) is 0 Å². The van der Waals surface area contributed by atoms with Gasteiger partial charge < -0.3 is 4.74 Å². The number of ether oxygens (including phenoxy) is 1. The highest BCUT2D eigenvalue weighted by molar-refractivity contribution is 7.89. The van der Waals surface area contributed by atoms with E-state index in [2.05, 4.69) is 9.93 Å². The van der Waals surface area contributed by atoms with E-state index >= 15 is 0 Å². The molecule has 0 aromatic heterocycles. The van der Waals surface area contributed by atoms with Gasteiger partial charge in [-0.3, -0.25) is 0 Å². The van der Waals surface area contributed by atoms with Gasteiger partial charge in [-0.05, 0) is 31.9 Å². The topological polar surface area (TPSA) is 67.8 Å². The van der Waals surface area contributed by atoms with E-state index in [0.717, 1.165) is 24.1 Å². The highest BCUT2D eigenvalue weighted by Gasteiger charge is 2.13. The van der Waals surface area contributed by atoms with Gasteiger partial charge in [-0.2, -0.15) is 13.5 Å². The number of sulfonamides is 1. The Morgan fingerprint density at radius 1 is 1.16 bits per heavy atom. The Morgan fingerprint density at radius 3 is 2.63 bits per heavy atom. The average molecular weight is 282 g/mol. The lowest BCUT2D eigenvalue weighted by atomic mass is 10.2. The van der Waals surface area contributed by atoms with Crippen LogP contribution in [0, 0.1) is 6.92 Å². The number of nitrogens with zero attached hydrogens (tertiary/aromatic N) is 1. The molecule has 0 bridgehead atoms. The smallest absolute Gasteiger partial charge is 0.276 e. The van der Waals surface area contributed by atoms with Gasteiger partial charge in [0.05, 0.1) is 11.5 Å². The molecule has 0 amide bonds. The van der Waals surface area contributed by atoms with E-state index in [1.54, 1.807) is 24.3 Å². The lowest BCUT2D eigenvalue weighted by Crippen LogP contribution is -2.20. The Labute approximate surface area is 113 Å². The predicted molar refractivity (Wildman–Crippen MR) is 73.6 cm³/mol. The summed E-state index contributed by atoms with van der Waals surface area (Å²) in [6.07, 6.45) is 2.33. The first-order chi connectivity index (χ1) is 9.08. The number of rotatable bonds is 3. The minimum absolute atomic E-state index is 0.229. The Hall–Kier alpha value is -1.40. The molecular formula is C13H18N2O3S. The van der Waals surface area contributed by atoms with Crippen molar-refractivity contribution in [1.29, 1.82) is 0 Å². The molecule has 104 valence electrons. The van der Waals surface area contributed by atoms with Crippen molar-refractivity contribution in [2.45, 2.75) is 31.1 Å². The first-order valence-corrected chi connectivity index (χ1v) is 7.78. The SMILES string of the molecule is Cc1ccc(S(=O)(=O)NN=C2CCCOCC2)cc1.